The lowest BCUT2D eigenvalue weighted by atomic mass is 10.2. The predicted molar refractivity (Wildman–Crippen MR) is 87.8 cm³/mol. The Morgan fingerprint density at radius 1 is 1.17 bits per heavy atom. The highest BCUT2D eigenvalue weighted by Gasteiger charge is 2.21. The summed E-state index contributed by atoms with van der Waals surface area (Å²) < 4.78 is 18.4. The van der Waals surface area contributed by atoms with Crippen LogP contribution in [0.3, 0.4) is 0 Å². The number of H-pyrrole nitrogens is 1. The van der Waals surface area contributed by atoms with Crippen LogP contribution in [0.4, 0.5) is 10.1 Å². The average Bonchev–Trinajstić information content (AvgIpc) is 2.61. The number of carbonyl (C=O) groups is 1. The molecule has 126 valence electrons. The Kier molecular flexibility index (Phi) is 4.79. The van der Waals surface area contributed by atoms with Gasteiger partial charge in [0.2, 0.25) is 5.56 Å². The van der Waals surface area contributed by atoms with Crippen molar-refractivity contribution in [3.05, 3.63) is 58.8 Å². The summed E-state index contributed by atoms with van der Waals surface area (Å²) in [5.41, 5.74) is 0.791. The van der Waals surface area contributed by atoms with E-state index in [9.17, 15) is 14.0 Å². The van der Waals surface area contributed by atoms with E-state index in [4.69, 9.17) is 4.74 Å². The Morgan fingerprint density at radius 2 is 1.96 bits per heavy atom. The van der Waals surface area contributed by atoms with Crippen molar-refractivity contribution in [2.75, 3.05) is 37.7 Å². The first-order valence-electron chi connectivity index (χ1n) is 7.72. The van der Waals surface area contributed by atoms with Gasteiger partial charge in [0.05, 0.1) is 5.69 Å². The van der Waals surface area contributed by atoms with E-state index in [1.165, 1.54) is 24.3 Å². The first-order chi connectivity index (χ1) is 11.6. The van der Waals surface area contributed by atoms with E-state index >= 15 is 0 Å². The molecule has 0 atom stereocenters. The van der Waals surface area contributed by atoms with Crippen molar-refractivity contribution in [3.63, 3.8) is 0 Å². The van der Waals surface area contributed by atoms with Gasteiger partial charge in [-0.2, -0.15) is 0 Å². The Bertz CT molecular complexity index is 749. The molecule has 1 N–H and O–H groups in total. The molecular weight excluding hydrogens is 313 g/mol. The highest BCUT2D eigenvalue weighted by atomic mass is 19.1. The number of anilines is 1. The van der Waals surface area contributed by atoms with E-state index in [0.29, 0.717) is 31.9 Å². The Balaban J connectivity index is 1.50. The summed E-state index contributed by atoms with van der Waals surface area (Å²) in [6, 6.07) is 8.98. The van der Waals surface area contributed by atoms with Gasteiger partial charge in [-0.1, -0.05) is 6.07 Å². The third-order valence-electron chi connectivity index (χ3n) is 3.92. The standard InChI is InChI=1S/C17H18FN3O3/c18-13-2-1-3-15(10-13)24-12-17(23)21-8-6-20(7-9-21)14-4-5-16(22)19-11-14/h1-5,10-11H,6-9,12H2,(H,19,22). The minimum absolute atomic E-state index is 0.109. The van der Waals surface area contributed by atoms with Gasteiger partial charge in [0, 0.05) is 44.5 Å². The van der Waals surface area contributed by atoms with Crippen LogP contribution in [-0.4, -0.2) is 48.6 Å². The zero-order valence-corrected chi connectivity index (χ0v) is 13.1. The number of ether oxygens (including phenoxy) is 1. The zero-order chi connectivity index (χ0) is 16.9. The summed E-state index contributed by atoms with van der Waals surface area (Å²) in [5.74, 6) is -0.176. The highest BCUT2D eigenvalue weighted by molar-refractivity contribution is 5.78. The molecule has 7 heteroatoms. The van der Waals surface area contributed by atoms with E-state index in [1.54, 1.807) is 23.2 Å². The molecule has 3 rings (SSSR count). The minimum atomic E-state index is -0.394. The number of rotatable bonds is 4. The molecule has 0 aliphatic carbocycles. The van der Waals surface area contributed by atoms with Crippen molar-refractivity contribution in [1.82, 2.24) is 9.88 Å². The molecule has 24 heavy (non-hydrogen) atoms. The monoisotopic (exact) mass is 331 g/mol. The summed E-state index contributed by atoms with van der Waals surface area (Å²) in [6.07, 6.45) is 1.67. The fourth-order valence-corrected chi connectivity index (χ4v) is 2.61. The number of nitrogens with zero attached hydrogens (tertiary/aromatic N) is 2. The van der Waals surface area contributed by atoms with Crippen LogP contribution in [0.5, 0.6) is 5.75 Å². The summed E-state index contributed by atoms with van der Waals surface area (Å²) >= 11 is 0. The number of hydrogen-bond acceptors (Lipinski definition) is 4. The molecule has 1 aliphatic heterocycles. The number of aromatic nitrogens is 1. The second-order valence-electron chi connectivity index (χ2n) is 5.53. The second-order valence-corrected chi connectivity index (χ2v) is 5.53. The van der Waals surface area contributed by atoms with Gasteiger partial charge in [0.15, 0.2) is 6.61 Å². The van der Waals surface area contributed by atoms with Crippen LogP contribution in [-0.2, 0) is 4.79 Å². The maximum atomic E-state index is 13.1. The number of aromatic amines is 1. The molecule has 0 bridgehead atoms. The maximum Gasteiger partial charge on any atom is 0.260 e. The molecule has 1 fully saturated rings. The fourth-order valence-electron chi connectivity index (χ4n) is 2.61. The van der Waals surface area contributed by atoms with Crippen molar-refractivity contribution in [3.8, 4) is 5.75 Å². The van der Waals surface area contributed by atoms with Crippen LogP contribution >= 0.6 is 0 Å². The summed E-state index contributed by atoms with van der Waals surface area (Å²) in [7, 11) is 0. The third kappa shape index (κ3) is 3.92. The Labute approximate surface area is 138 Å². The van der Waals surface area contributed by atoms with Gasteiger partial charge >= 0.3 is 0 Å². The molecule has 1 saturated heterocycles. The lowest BCUT2D eigenvalue weighted by Gasteiger charge is -2.35. The largest absolute Gasteiger partial charge is 0.484 e. The van der Waals surface area contributed by atoms with Crippen LogP contribution in [0.25, 0.3) is 0 Å². The molecule has 6 nitrogen and oxygen atoms in total. The molecule has 1 amide bonds. The maximum absolute atomic E-state index is 13.1. The van der Waals surface area contributed by atoms with E-state index in [-0.39, 0.29) is 18.1 Å². The molecule has 0 unspecified atom stereocenters. The normalized spacial score (nSPS) is 14.5. The molecule has 2 aromatic rings. The minimum Gasteiger partial charge on any atom is -0.484 e. The van der Waals surface area contributed by atoms with Crippen LogP contribution < -0.4 is 15.2 Å². The number of amides is 1. The van der Waals surface area contributed by atoms with Crippen LogP contribution in [0.15, 0.2) is 47.4 Å². The molecule has 1 aliphatic rings. The van der Waals surface area contributed by atoms with E-state index < -0.39 is 5.82 Å². The second kappa shape index (κ2) is 7.16. The van der Waals surface area contributed by atoms with Crippen molar-refractivity contribution in [1.29, 1.82) is 0 Å². The van der Waals surface area contributed by atoms with Crippen molar-refractivity contribution < 1.29 is 13.9 Å². The first kappa shape index (κ1) is 16.0. The topological polar surface area (TPSA) is 65.6 Å². The molecular formula is C17H18FN3O3. The lowest BCUT2D eigenvalue weighted by molar-refractivity contribution is -0.133. The molecule has 1 aromatic carbocycles. The summed E-state index contributed by atoms with van der Waals surface area (Å²) in [4.78, 5) is 29.8. The van der Waals surface area contributed by atoms with E-state index in [1.807, 2.05) is 0 Å². The Hall–Kier alpha value is -2.83. The van der Waals surface area contributed by atoms with Crippen molar-refractivity contribution >= 4 is 11.6 Å². The fraction of sp³-hybridized carbons (Fsp3) is 0.294. The number of piperazine rings is 1. The van der Waals surface area contributed by atoms with Crippen molar-refractivity contribution in [2.24, 2.45) is 0 Å². The lowest BCUT2D eigenvalue weighted by Crippen LogP contribution is -2.50. The van der Waals surface area contributed by atoms with Crippen LogP contribution in [0.1, 0.15) is 0 Å². The third-order valence-corrected chi connectivity index (χ3v) is 3.92. The first-order valence-corrected chi connectivity index (χ1v) is 7.72. The molecule has 0 spiro atoms. The van der Waals surface area contributed by atoms with E-state index in [2.05, 4.69) is 9.88 Å². The van der Waals surface area contributed by atoms with Crippen LogP contribution in [0.2, 0.25) is 0 Å². The Morgan fingerprint density at radius 3 is 2.62 bits per heavy atom. The molecule has 0 radical (unpaired) electrons. The smallest absolute Gasteiger partial charge is 0.260 e. The summed E-state index contributed by atoms with van der Waals surface area (Å²) in [5, 5.41) is 0. The number of nitrogens with one attached hydrogen (secondary N) is 1. The number of halogens is 1. The SMILES string of the molecule is O=C(COc1cccc(F)c1)N1CCN(c2ccc(=O)[nH]c2)CC1. The number of benzene rings is 1. The quantitative estimate of drug-likeness (QED) is 0.915. The van der Waals surface area contributed by atoms with Crippen molar-refractivity contribution in [2.45, 2.75) is 0 Å². The number of pyridine rings is 1. The summed E-state index contributed by atoms with van der Waals surface area (Å²) in [6.45, 7) is 2.40. The van der Waals surface area contributed by atoms with Gasteiger partial charge in [-0.25, -0.2) is 4.39 Å². The van der Waals surface area contributed by atoms with Gasteiger partial charge in [-0.15, -0.1) is 0 Å². The van der Waals surface area contributed by atoms with Gasteiger partial charge < -0.3 is 19.5 Å². The average molecular weight is 331 g/mol. The number of carbonyl (C=O) groups excluding carboxylic acids is 1. The van der Waals surface area contributed by atoms with E-state index in [0.717, 1.165) is 5.69 Å². The van der Waals surface area contributed by atoms with Gasteiger partial charge in [-0.05, 0) is 18.2 Å². The predicted octanol–water partition coefficient (Wildman–Crippen LogP) is 1.24. The van der Waals surface area contributed by atoms with Crippen LogP contribution in [0, 0.1) is 5.82 Å². The zero-order valence-electron chi connectivity index (χ0n) is 13.1. The van der Waals surface area contributed by atoms with Gasteiger partial charge in [0.1, 0.15) is 11.6 Å². The molecule has 1 aromatic heterocycles. The molecule has 0 saturated carbocycles. The number of hydrogen-bond donors (Lipinski definition) is 1. The van der Waals surface area contributed by atoms with Gasteiger partial charge in [-0.3, -0.25) is 9.59 Å². The highest BCUT2D eigenvalue weighted by Crippen LogP contribution is 2.15. The van der Waals surface area contributed by atoms with Gasteiger partial charge in [0.25, 0.3) is 5.91 Å². The molecule has 2 heterocycles.